The fourth-order valence-corrected chi connectivity index (χ4v) is 3.60. The molecule has 1 atom stereocenters. The molecule has 2 heterocycles. The van der Waals surface area contributed by atoms with Crippen LogP contribution in [-0.2, 0) is 13.0 Å². The zero-order valence-corrected chi connectivity index (χ0v) is 19.4. The molecule has 0 saturated heterocycles. The fraction of sp³-hybridized carbons (Fsp3) is 0.333. The van der Waals surface area contributed by atoms with Crippen LogP contribution in [-0.4, -0.2) is 68.0 Å². The van der Waals surface area contributed by atoms with Gasteiger partial charge in [-0.15, -0.1) is 0 Å². The molecular weight excluding hydrogens is 459 g/mol. The molecule has 4 N–H and O–H groups in total. The first kappa shape index (κ1) is 25.6. The summed E-state index contributed by atoms with van der Waals surface area (Å²) in [5, 5.41) is 31.7. The van der Waals surface area contributed by atoms with Crippen LogP contribution in [0.15, 0.2) is 41.3 Å². The van der Waals surface area contributed by atoms with Crippen LogP contribution in [0.2, 0.25) is 0 Å². The van der Waals surface area contributed by atoms with E-state index in [-0.39, 0.29) is 42.9 Å². The smallest absolute Gasteiger partial charge is 0.407 e. The van der Waals surface area contributed by atoms with Crippen LogP contribution in [0.1, 0.15) is 34.8 Å². The SMILES string of the molecule is CC(O)CNC(=O)c1c(O)c2ncc(Cc3ccc(F)cc3)cc2n(CCCN(C)C(=O)O)c1=O. The molecule has 35 heavy (non-hydrogen) atoms. The largest absolute Gasteiger partial charge is 0.505 e. The van der Waals surface area contributed by atoms with E-state index < -0.39 is 35.0 Å². The van der Waals surface area contributed by atoms with Crippen LogP contribution in [0.3, 0.4) is 0 Å². The number of nitrogens with zero attached hydrogens (tertiary/aromatic N) is 3. The third-order valence-corrected chi connectivity index (χ3v) is 5.44. The maximum absolute atomic E-state index is 13.3. The molecule has 0 aliphatic carbocycles. The highest BCUT2D eigenvalue weighted by Gasteiger charge is 2.23. The number of benzene rings is 1. The van der Waals surface area contributed by atoms with Gasteiger partial charge in [-0.3, -0.25) is 14.6 Å². The Hall–Kier alpha value is -3.99. The van der Waals surface area contributed by atoms with Crippen molar-refractivity contribution in [3.05, 3.63) is 69.4 Å². The van der Waals surface area contributed by atoms with E-state index in [1.807, 2.05) is 0 Å². The number of halogens is 1. The van der Waals surface area contributed by atoms with Crippen molar-refractivity contribution in [2.75, 3.05) is 20.1 Å². The summed E-state index contributed by atoms with van der Waals surface area (Å²) >= 11 is 0. The summed E-state index contributed by atoms with van der Waals surface area (Å²) < 4.78 is 14.5. The van der Waals surface area contributed by atoms with Gasteiger partial charge in [0.2, 0.25) is 0 Å². The molecule has 0 spiro atoms. The molecule has 3 aromatic rings. The number of aryl methyl sites for hydroxylation is 1. The van der Waals surface area contributed by atoms with Crippen molar-refractivity contribution in [2.45, 2.75) is 32.4 Å². The number of nitrogens with one attached hydrogen (secondary N) is 1. The molecule has 10 nitrogen and oxygen atoms in total. The number of carbonyl (C=O) groups is 2. The molecule has 0 bridgehead atoms. The number of aromatic hydroxyl groups is 1. The lowest BCUT2D eigenvalue weighted by Crippen LogP contribution is -2.37. The van der Waals surface area contributed by atoms with Gasteiger partial charge in [0.15, 0.2) is 5.75 Å². The molecule has 0 aliphatic heterocycles. The molecule has 3 rings (SSSR count). The van der Waals surface area contributed by atoms with E-state index in [2.05, 4.69) is 10.3 Å². The minimum absolute atomic E-state index is 0.0289. The number of hydrogen-bond donors (Lipinski definition) is 4. The summed E-state index contributed by atoms with van der Waals surface area (Å²) in [6, 6.07) is 7.58. The second-order valence-corrected chi connectivity index (χ2v) is 8.31. The first-order valence-corrected chi connectivity index (χ1v) is 11.0. The molecule has 0 radical (unpaired) electrons. The normalized spacial score (nSPS) is 11.9. The topological polar surface area (TPSA) is 145 Å². The van der Waals surface area contributed by atoms with Crippen LogP contribution in [0.4, 0.5) is 9.18 Å². The fourth-order valence-electron chi connectivity index (χ4n) is 3.60. The lowest BCUT2D eigenvalue weighted by molar-refractivity contribution is 0.0919. The van der Waals surface area contributed by atoms with E-state index in [9.17, 15) is 29.0 Å². The van der Waals surface area contributed by atoms with Gasteiger partial charge < -0.3 is 30.1 Å². The van der Waals surface area contributed by atoms with Crippen molar-refractivity contribution < 1.29 is 29.3 Å². The maximum Gasteiger partial charge on any atom is 0.407 e. The maximum atomic E-state index is 13.3. The standard InChI is InChI=1S/C24H27FN4O6/c1-14(30)12-27-22(32)19-21(31)20-18(29(23(19)33)9-3-8-28(2)24(34)35)11-16(13-26-20)10-15-4-6-17(25)7-5-15/h4-7,11,13-14,30-31H,3,8-10,12H2,1-2H3,(H,27,32)(H,34,35). The quantitative estimate of drug-likeness (QED) is 0.362. The summed E-state index contributed by atoms with van der Waals surface area (Å²) in [6.45, 7) is 1.53. The molecule has 0 saturated carbocycles. The number of carbonyl (C=O) groups excluding carboxylic acids is 1. The number of aliphatic hydroxyl groups is 1. The third-order valence-electron chi connectivity index (χ3n) is 5.44. The van der Waals surface area contributed by atoms with E-state index in [4.69, 9.17) is 5.11 Å². The van der Waals surface area contributed by atoms with Crippen molar-refractivity contribution in [2.24, 2.45) is 0 Å². The lowest BCUT2D eigenvalue weighted by Gasteiger charge is -2.17. The zero-order valence-electron chi connectivity index (χ0n) is 19.4. The Bertz CT molecular complexity index is 1290. The van der Waals surface area contributed by atoms with Gasteiger partial charge in [0.05, 0.1) is 11.6 Å². The van der Waals surface area contributed by atoms with E-state index in [1.54, 1.807) is 18.2 Å². The molecule has 1 unspecified atom stereocenters. The highest BCUT2D eigenvalue weighted by Crippen LogP contribution is 2.26. The number of fused-ring (bicyclic) bond motifs is 1. The van der Waals surface area contributed by atoms with E-state index in [1.165, 1.54) is 36.9 Å². The summed E-state index contributed by atoms with van der Waals surface area (Å²) in [4.78, 5) is 42.4. The number of aromatic nitrogens is 2. The van der Waals surface area contributed by atoms with Gasteiger partial charge in [-0.2, -0.15) is 0 Å². The van der Waals surface area contributed by atoms with Crippen molar-refractivity contribution in [3.63, 3.8) is 0 Å². The molecule has 11 heteroatoms. The molecule has 0 aliphatic rings. The van der Waals surface area contributed by atoms with Gasteiger partial charge in [-0.05, 0) is 49.1 Å². The molecule has 186 valence electrons. The molecule has 2 amide bonds. The Morgan fingerprint density at radius 1 is 1.23 bits per heavy atom. The van der Waals surface area contributed by atoms with Gasteiger partial charge in [0.1, 0.15) is 16.9 Å². The van der Waals surface area contributed by atoms with Gasteiger partial charge in [0, 0.05) is 32.9 Å². The zero-order chi connectivity index (χ0) is 25.7. The first-order valence-electron chi connectivity index (χ1n) is 11.0. The number of aliphatic hydroxyl groups excluding tert-OH is 1. The average Bonchev–Trinajstić information content (AvgIpc) is 2.81. The number of pyridine rings is 2. The summed E-state index contributed by atoms with van der Waals surface area (Å²) in [5.41, 5.74) is 0.521. The number of carboxylic acid groups (broad SMARTS) is 1. The summed E-state index contributed by atoms with van der Waals surface area (Å²) in [5.74, 6) is -1.80. The second-order valence-electron chi connectivity index (χ2n) is 8.31. The van der Waals surface area contributed by atoms with Crippen LogP contribution < -0.4 is 10.9 Å². The van der Waals surface area contributed by atoms with E-state index in [0.717, 1.165) is 10.5 Å². The lowest BCUT2D eigenvalue weighted by atomic mass is 10.1. The molecular formula is C24H27FN4O6. The summed E-state index contributed by atoms with van der Waals surface area (Å²) in [7, 11) is 1.40. The van der Waals surface area contributed by atoms with Crippen LogP contribution in [0.25, 0.3) is 11.0 Å². The summed E-state index contributed by atoms with van der Waals surface area (Å²) in [6.07, 6.45) is 0.170. The molecule has 2 aromatic heterocycles. The van der Waals surface area contributed by atoms with Crippen LogP contribution >= 0.6 is 0 Å². The molecule has 0 fully saturated rings. The van der Waals surface area contributed by atoms with Gasteiger partial charge in [0.25, 0.3) is 11.5 Å². The second kappa shape index (κ2) is 11.0. The van der Waals surface area contributed by atoms with Gasteiger partial charge >= 0.3 is 6.09 Å². The predicted octanol–water partition coefficient (Wildman–Crippen LogP) is 1.94. The van der Waals surface area contributed by atoms with E-state index >= 15 is 0 Å². The Morgan fingerprint density at radius 2 is 1.91 bits per heavy atom. The average molecular weight is 487 g/mol. The minimum Gasteiger partial charge on any atom is -0.505 e. The third kappa shape index (κ3) is 6.12. The Morgan fingerprint density at radius 3 is 2.54 bits per heavy atom. The van der Waals surface area contributed by atoms with Crippen LogP contribution in [0.5, 0.6) is 5.75 Å². The number of hydrogen-bond acceptors (Lipinski definition) is 6. The monoisotopic (exact) mass is 486 g/mol. The van der Waals surface area contributed by atoms with Crippen molar-refractivity contribution in [1.82, 2.24) is 19.8 Å². The molecule has 1 aromatic carbocycles. The highest BCUT2D eigenvalue weighted by molar-refractivity contribution is 6.01. The number of rotatable bonds is 9. The van der Waals surface area contributed by atoms with Crippen LogP contribution in [0, 0.1) is 5.82 Å². The van der Waals surface area contributed by atoms with Crippen molar-refractivity contribution in [1.29, 1.82) is 0 Å². The van der Waals surface area contributed by atoms with Crippen molar-refractivity contribution >= 4 is 23.0 Å². The Kier molecular flexibility index (Phi) is 8.02. The Labute approximate surface area is 200 Å². The van der Waals surface area contributed by atoms with Crippen molar-refractivity contribution in [3.8, 4) is 5.75 Å². The Balaban J connectivity index is 2.06. The highest BCUT2D eigenvalue weighted by atomic mass is 19.1. The van der Waals surface area contributed by atoms with Gasteiger partial charge in [-0.25, -0.2) is 9.18 Å². The minimum atomic E-state index is -1.12. The van der Waals surface area contributed by atoms with E-state index in [0.29, 0.717) is 12.0 Å². The number of amides is 2. The van der Waals surface area contributed by atoms with Gasteiger partial charge in [-0.1, -0.05) is 12.1 Å². The first-order chi connectivity index (χ1) is 16.6. The predicted molar refractivity (Wildman–Crippen MR) is 126 cm³/mol.